The zero-order chi connectivity index (χ0) is 34.8. The molecule has 0 saturated heterocycles. The molecule has 4 aliphatic heterocycles. The Balaban J connectivity index is 0.000000569. The molecule has 0 aromatic carbocycles. The van der Waals surface area contributed by atoms with E-state index in [1.165, 1.54) is 0 Å². The minimum atomic E-state index is -1.19. The van der Waals surface area contributed by atoms with Crippen molar-refractivity contribution >= 4 is 23.6 Å². The van der Waals surface area contributed by atoms with Crippen molar-refractivity contribution in [1.29, 1.82) is 0 Å². The molecule has 0 fully saturated rings. The average Bonchev–Trinajstić information content (AvgIpc) is 3.53. The van der Waals surface area contributed by atoms with Crippen molar-refractivity contribution in [3.63, 3.8) is 0 Å². The first-order chi connectivity index (χ1) is 19.2. The van der Waals surface area contributed by atoms with E-state index in [0.29, 0.717) is 50.0 Å². The minimum Gasteiger partial charge on any atom is -0.843 e. The second-order valence-electron chi connectivity index (χ2n) is 16.3. The zero-order valence-corrected chi connectivity index (χ0v) is 33.6. The third kappa shape index (κ3) is 16.2. The van der Waals surface area contributed by atoms with Crippen molar-refractivity contribution in [3.05, 3.63) is 0 Å². The van der Waals surface area contributed by atoms with Crippen molar-refractivity contribution < 1.29 is 81.1 Å². The molecule has 4 heterocycles. The molecule has 0 bridgehead atoms. The smallest absolute Gasteiger partial charge is 0.216 e. The van der Waals surface area contributed by atoms with E-state index >= 15 is 0 Å². The molecule has 4 aliphatic rings. The maximum atomic E-state index is 11.3. The molecule has 0 aromatic heterocycles. The molecule has 0 saturated carbocycles. The Labute approximate surface area is 304 Å². The van der Waals surface area contributed by atoms with Gasteiger partial charge in [-0.1, -0.05) is 13.8 Å². The number of aliphatic hydroxyl groups is 3. The standard InChI is InChI=1S/3C8H15NO2.C8H14NO2.Ce/c4*1-7(2)5-11-6(9-7)8(3,4)10;/h3*10H,5H2,1-4H3;5H2,1-4H3;/q;;;-1;. The summed E-state index contributed by atoms with van der Waals surface area (Å²) in [6, 6.07) is 0. The molecule has 0 aliphatic carbocycles. The van der Waals surface area contributed by atoms with Crippen LogP contribution in [-0.4, -0.2) is 110 Å². The Morgan fingerprint density at radius 1 is 0.467 bits per heavy atom. The zero-order valence-electron chi connectivity index (χ0n) is 30.5. The number of ether oxygens (including phenoxy) is 4. The summed E-state index contributed by atoms with van der Waals surface area (Å²) in [5.41, 5.74) is -4.72. The summed E-state index contributed by atoms with van der Waals surface area (Å²) in [6.07, 6.45) is 0. The number of hydrogen-bond acceptors (Lipinski definition) is 12. The van der Waals surface area contributed by atoms with Gasteiger partial charge < -0.3 is 39.4 Å². The predicted molar refractivity (Wildman–Crippen MR) is 173 cm³/mol. The van der Waals surface area contributed by atoms with Crippen LogP contribution in [0, 0.1) is 41.7 Å². The van der Waals surface area contributed by atoms with E-state index in [9.17, 15) is 20.4 Å². The van der Waals surface area contributed by atoms with Gasteiger partial charge in [-0.25, -0.2) is 20.0 Å². The summed E-state index contributed by atoms with van der Waals surface area (Å²) in [5.74, 6) is 1.68. The van der Waals surface area contributed by atoms with Gasteiger partial charge in [-0.05, 0) is 103 Å². The van der Waals surface area contributed by atoms with Gasteiger partial charge in [0.15, 0.2) is 5.90 Å². The maximum absolute atomic E-state index is 11.3. The first-order valence-corrected chi connectivity index (χ1v) is 15.0. The van der Waals surface area contributed by atoms with Crippen LogP contribution in [0.2, 0.25) is 0 Å². The summed E-state index contributed by atoms with van der Waals surface area (Å²) >= 11 is 0. The molecule has 0 aromatic rings. The Morgan fingerprint density at radius 2 is 0.644 bits per heavy atom. The summed E-state index contributed by atoms with van der Waals surface area (Å²) < 4.78 is 20.9. The Kier molecular flexibility index (Phi) is 14.8. The topological polar surface area (TPSA) is 170 Å². The normalized spacial score (nSPS) is 22.3. The van der Waals surface area contributed by atoms with E-state index in [0.717, 1.165) is 0 Å². The van der Waals surface area contributed by atoms with E-state index in [1.54, 1.807) is 55.4 Å². The fourth-order valence-corrected chi connectivity index (χ4v) is 3.59. The van der Waals surface area contributed by atoms with Crippen LogP contribution in [0.1, 0.15) is 111 Å². The monoisotopic (exact) mass is 767 g/mol. The molecule has 45 heavy (non-hydrogen) atoms. The van der Waals surface area contributed by atoms with Gasteiger partial charge in [0.05, 0.1) is 22.2 Å². The van der Waals surface area contributed by atoms with Gasteiger partial charge in [-0.3, -0.25) is 0 Å². The van der Waals surface area contributed by atoms with Gasteiger partial charge in [0.1, 0.15) is 43.2 Å². The van der Waals surface area contributed by atoms with E-state index in [4.69, 9.17) is 18.9 Å². The molecular formula is C32H59CeN4O8-. The summed E-state index contributed by atoms with van der Waals surface area (Å²) in [4.78, 5) is 16.9. The predicted octanol–water partition coefficient (Wildman–Crippen LogP) is 3.23. The van der Waals surface area contributed by atoms with Gasteiger partial charge in [-0.15, -0.1) is 0 Å². The molecular weight excluding hydrogens is 708 g/mol. The van der Waals surface area contributed by atoms with Gasteiger partial charge in [-0.2, -0.15) is 0 Å². The second-order valence-corrected chi connectivity index (χ2v) is 16.3. The van der Waals surface area contributed by atoms with Crippen LogP contribution < -0.4 is 5.11 Å². The van der Waals surface area contributed by atoms with Crippen LogP contribution in [0.5, 0.6) is 0 Å². The molecule has 0 radical (unpaired) electrons. The van der Waals surface area contributed by atoms with Crippen LogP contribution in [0.15, 0.2) is 20.0 Å². The van der Waals surface area contributed by atoms with E-state index < -0.39 is 22.4 Å². The van der Waals surface area contributed by atoms with Crippen LogP contribution in [0.4, 0.5) is 0 Å². The van der Waals surface area contributed by atoms with Crippen molar-refractivity contribution in [1.82, 2.24) is 0 Å². The number of hydrogen-bond donors (Lipinski definition) is 3. The Hall–Kier alpha value is -0.903. The summed E-state index contributed by atoms with van der Waals surface area (Å²) in [5, 5.41) is 39.8. The SMILES string of the molecule is CC1(C)COC(C(C)(C)O)=N1.CC1(C)COC(C(C)(C)O)=N1.CC1(C)COC(C(C)(C)O)=N1.CC1(C)COC(C(C)(C)[O-])=N1.[Ce]. The third-order valence-corrected chi connectivity index (χ3v) is 5.95. The maximum Gasteiger partial charge on any atom is 0.216 e. The van der Waals surface area contributed by atoms with Crippen molar-refractivity contribution in [2.75, 3.05) is 26.4 Å². The van der Waals surface area contributed by atoms with Crippen molar-refractivity contribution in [2.24, 2.45) is 20.0 Å². The van der Waals surface area contributed by atoms with Crippen molar-refractivity contribution in [3.8, 4) is 0 Å². The summed E-state index contributed by atoms with van der Waals surface area (Å²) in [6.45, 7) is 31.1. The second kappa shape index (κ2) is 15.1. The molecule has 3 N–H and O–H groups in total. The number of aliphatic imine (C=N–C) groups is 4. The third-order valence-electron chi connectivity index (χ3n) is 5.95. The molecule has 0 amide bonds. The van der Waals surface area contributed by atoms with Crippen LogP contribution in [0.25, 0.3) is 0 Å². The molecule has 0 spiro atoms. The summed E-state index contributed by atoms with van der Waals surface area (Å²) in [7, 11) is 0. The van der Waals surface area contributed by atoms with Crippen LogP contribution >= 0.6 is 0 Å². The van der Waals surface area contributed by atoms with E-state index in [2.05, 4.69) is 20.0 Å². The van der Waals surface area contributed by atoms with Gasteiger partial charge in [0, 0.05) is 41.7 Å². The first-order valence-electron chi connectivity index (χ1n) is 15.0. The Bertz CT molecular complexity index is 938. The molecule has 0 unspecified atom stereocenters. The van der Waals surface area contributed by atoms with Crippen LogP contribution in [-0.2, 0) is 18.9 Å². The van der Waals surface area contributed by atoms with Gasteiger partial charge in [0.2, 0.25) is 17.7 Å². The Morgan fingerprint density at radius 3 is 0.711 bits per heavy atom. The number of nitrogens with zero attached hydrogens (tertiary/aromatic N) is 4. The molecule has 260 valence electrons. The van der Waals surface area contributed by atoms with Crippen molar-refractivity contribution in [2.45, 2.75) is 155 Å². The molecule has 12 nitrogen and oxygen atoms in total. The number of rotatable bonds is 4. The van der Waals surface area contributed by atoms with E-state index in [-0.39, 0.29) is 63.9 Å². The minimum absolute atomic E-state index is 0. The molecule has 13 heteroatoms. The van der Waals surface area contributed by atoms with Crippen LogP contribution in [0.3, 0.4) is 0 Å². The fourth-order valence-electron chi connectivity index (χ4n) is 3.59. The quantitative estimate of drug-likeness (QED) is 0.392. The van der Waals surface area contributed by atoms with Gasteiger partial charge >= 0.3 is 0 Å². The molecule has 0 atom stereocenters. The largest absolute Gasteiger partial charge is 0.843 e. The fraction of sp³-hybridized carbons (Fsp3) is 0.875. The average molecular weight is 768 g/mol. The molecule has 4 rings (SSSR count). The first kappa shape index (κ1) is 44.1. The van der Waals surface area contributed by atoms with E-state index in [1.807, 2.05) is 55.4 Å². The van der Waals surface area contributed by atoms with Gasteiger partial charge in [0.25, 0.3) is 0 Å².